The molecule has 0 aromatic carbocycles. The summed E-state index contributed by atoms with van der Waals surface area (Å²) in [6.07, 6.45) is 89.4. The molecule has 0 bridgehead atoms. The van der Waals surface area contributed by atoms with E-state index in [-0.39, 0.29) is 50.4 Å². The van der Waals surface area contributed by atoms with Crippen LogP contribution in [-0.4, -0.2) is 37.2 Å². The Kier molecular flexibility index (Phi) is 56.1. The fourth-order valence-corrected chi connectivity index (χ4v) is 7.16. The van der Waals surface area contributed by atoms with Crippen LogP contribution in [0.4, 0.5) is 0 Å². The SMILES string of the molecule is CC/C=C\C/C=C\C/C=C\C/C=C\C/C=C\C/C=C\C/C=C\C/C=C\C/C=C\CCCC(=O)OCC(COC(=O)CC/C=C\C/C=C\C/C=C\C/C=C\CC)OC(=O)CCCCCCC/C=C\CCCCCCC. The molecule has 6 nitrogen and oxygen atoms in total. The van der Waals surface area contributed by atoms with E-state index in [0.29, 0.717) is 12.8 Å². The Balaban J connectivity index is 4.50. The molecule has 0 rings (SSSR count). The molecule has 412 valence electrons. The lowest BCUT2D eigenvalue weighted by Gasteiger charge is -2.18. The van der Waals surface area contributed by atoms with E-state index in [9.17, 15) is 14.4 Å². The molecule has 6 heteroatoms. The number of unbranched alkanes of at least 4 members (excludes halogenated alkanes) is 11. The van der Waals surface area contributed by atoms with E-state index >= 15 is 0 Å². The van der Waals surface area contributed by atoms with Gasteiger partial charge in [0, 0.05) is 19.3 Å². The third-order valence-electron chi connectivity index (χ3n) is 11.4. The molecule has 74 heavy (non-hydrogen) atoms. The summed E-state index contributed by atoms with van der Waals surface area (Å²) in [6, 6.07) is 0. The highest BCUT2D eigenvalue weighted by atomic mass is 16.6. The van der Waals surface area contributed by atoms with Gasteiger partial charge in [0.05, 0.1) is 0 Å². The van der Waals surface area contributed by atoms with Gasteiger partial charge >= 0.3 is 17.9 Å². The first kappa shape index (κ1) is 68.8. The van der Waals surface area contributed by atoms with Crippen molar-refractivity contribution < 1.29 is 28.6 Å². The van der Waals surface area contributed by atoms with Crippen LogP contribution in [0.1, 0.15) is 220 Å². The van der Waals surface area contributed by atoms with Crippen molar-refractivity contribution in [3.63, 3.8) is 0 Å². The maximum absolute atomic E-state index is 12.8. The van der Waals surface area contributed by atoms with Crippen LogP contribution in [0, 0.1) is 0 Å². The summed E-state index contributed by atoms with van der Waals surface area (Å²) in [6.45, 7) is 6.25. The molecule has 0 aromatic heterocycles. The first-order valence-electron chi connectivity index (χ1n) is 29.1. The second-order valence-electron chi connectivity index (χ2n) is 18.4. The number of hydrogen-bond donors (Lipinski definition) is 0. The monoisotopic (exact) mass is 1020 g/mol. The van der Waals surface area contributed by atoms with Crippen molar-refractivity contribution in [1.82, 2.24) is 0 Å². The molecule has 0 amide bonds. The largest absolute Gasteiger partial charge is 0.462 e. The molecule has 0 fully saturated rings. The Morgan fingerprint density at radius 2 is 0.568 bits per heavy atom. The minimum Gasteiger partial charge on any atom is -0.462 e. The van der Waals surface area contributed by atoms with Gasteiger partial charge in [0.15, 0.2) is 6.10 Å². The zero-order valence-electron chi connectivity index (χ0n) is 47.0. The van der Waals surface area contributed by atoms with Crippen LogP contribution >= 0.6 is 0 Å². The van der Waals surface area contributed by atoms with Crippen molar-refractivity contribution in [3.05, 3.63) is 170 Å². The molecule has 0 heterocycles. The third-order valence-corrected chi connectivity index (χ3v) is 11.4. The normalized spacial score (nSPS) is 13.4. The molecule has 0 aromatic rings. The maximum atomic E-state index is 12.8. The van der Waals surface area contributed by atoms with Crippen LogP contribution in [0.5, 0.6) is 0 Å². The Bertz CT molecular complexity index is 1740. The van der Waals surface area contributed by atoms with Crippen LogP contribution < -0.4 is 0 Å². The Labute approximate surface area is 453 Å². The van der Waals surface area contributed by atoms with Crippen LogP contribution in [-0.2, 0) is 28.6 Å². The molecule has 0 saturated heterocycles. The zero-order valence-corrected chi connectivity index (χ0v) is 47.0. The molecular formula is C68H104O6. The number of carbonyl (C=O) groups excluding carboxylic acids is 3. The Hall–Kier alpha value is -5.23. The number of carbonyl (C=O) groups is 3. The summed E-state index contributed by atoms with van der Waals surface area (Å²) in [5.41, 5.74) is 0. The summed E-state index contributed by atoms with van der Waals surface area (Å²) in [7, 11) is 0. The van der Waals surface area contributed by atoms with Crippen LogP contribution in [0.3, 0.4) is 0 Å². The molecule has 0 aliphatic heterocycles. The van der Waals surface area contributed by atoms with Gasteiger partial charge < -0.3 is 14.2 Å². The summed E-state index contributed by atoms with van der Waals surface area (Å²) < 4.78 is 16.7. The average molecular weight is 1020 g/mol. The standard InChI is InChI=1S/C68H104O6/c1-4-7-10-13-16-19-22-25-27-28-29-30-31-32-33-34-35-36-37-38-39-40-41-44-46-49-52-55-58-61-67(70)73-64-65(63-72-66(69)60-57-54-51-48-45-42-24-21-18-15-12-9-6-3)74-68(71)62-59-56-53-50-47-43-26-23-20-17-14-11-8-5-2/h7,9-10,12,16,18-19,21,23,25-27,29-30,32-33,35-36,38-39,41-42,44-45,49,51-52,54,65H,4-6,8,11,13-15,17,20,22,24,28,31,34,37,40,43,46-48,50,53,55-64H2,1-3H3/b10-7-,12-9-,19-16-,21-18-,26-23-,27-25-,30-29-,33-32-,36-35-,39-38-,44-41-,45-42-,52-49-,54-51-. The number of rotatable bonds is 50. The van der Waals surface area contributed by atoms with Crippen molar-refractivity contribution in [3.8, 4) is 0 Å². The Morgan fingerprint density at radius 3 is 0.959 bits per heavy atom. The fourth-order valence-electron chi connectivity index (χ4n) is 7.16. The fraction of sp³-hybridized carbons (Fsp3) is 0.544. The van der Waals surface area contributed by atoms with Gasteiger partial charge in [-0.3, -0.25) is 14.4 Å². The smallest absolute Gasteiger partial charge is 0.306 e. The maximum Gasteiger partial charge on any atom is 0.306 e. The predicted octanol–water partition coefficient (Wildman–Crippen LogP) is 19.9. The minimum atomic E-state index is -0.843. The quantitative estimate of drug-likeness (QED) is 0.0261. The van der Waals surface area contributed by atoms with Gasteiger partial charge in [-0.05, 0) is 135 Å². The molecule has 0 radical (unpaired) electrons. The molecule has 1 unspecified atom stereocenters. The lowest BCUT2D eigenvalue weighted by Crippen LogP contribution is -2.30. The zero-order chi connectivity index (χ0) is 53.6. The summed E-state index contributed by atoms with van der Waals surface area (Å²) in [4.78, 5) is 38.0. The molecular weight excluding hydrogens is 913 g/mol. The lowest BCUT2D eigenvalue weighted by atomic mass is 10.1. The van der Waals surface area contributed by atoms with Gasteiger partial charge in [-0.2, -0.15) is 0 Å². The topological polar surface area (TPSA) is 78.9 Å². The highest BCUT2D eigenvalue weighted by molar-refractivity contribution is 5.71. The first-order valence-corrected chi connectivity index (χ1v) is 29.1. The van der Waals surface area contributed by atoms with Gasteiger partial charge in [-0.1, -0.05) is 236 Å². The molecule has 0 aliphatic carbocycles. The van der Waals surface area contributed by atoms with Gasteiger partial charge in [0.25, 0.3) is 0 Å². The number of ether oxygens (including phenoxy) is 3. The average Bonchev–Trinajstić information content (AvgIpc) is 3.40. The molecule has 0 aliphatic rings. The van der Waals surface area contributed by atoms with Crippen molar-refractivity contribution >= 4 is 17.9 Å². The molecule has 0 N–H and O–H groups in total. The molecule has 0 spiro atoms. The van der Waals surface area contributed by atoms with E-state index in [4.69, 9.17) is 14.2 Å². The third kappa shape index (κ3) is 57.7. The van der Waals surface area contributed by atoms with Crippen molar-refractivity contribution in [2.45, 2.75) is 226 Å². The van der Waals surface area contributed by atoms with E-state index < -0.39 is 6.10 Å². The van der Waals surface area contributed by atoms with Crippen LogP contribution in [0.15, 0.2) is 170 Å². The van der Waals surface area contributed by atoms with Gasteiger partial charge in [-0.15, -0.1) is 0 Å². The highest BCUT2D eigenvalue weighted by Crippen LogP contribution is 2.12. The van der Waals surface area contributed by atoms with E-state index in [1.807, 2.05) is 12.2 Å². The van der Waals surface area contributed by atoms with Crippen LogP contribution in [0.2, 0.25) is 0 Å². The van der Waals surface area contributed by atoms with Gasteiger partial charge in [0.2, 0.25) is 0 Å². The van der Waals surface area contributed by atoms with Crippen molar-refractivity contribution in [2.24, 2.45) is 0 Å². The minimum absolute atomic E-state index is 0.141. The number of hydrogen-bond acceptors (Lipinski definition) is 6. The van der Waals surface area contributed by atoms with Gasteiger partial charge in [0.1, 0.15) is 13.2 Å². The summed E-state index contributed by atoms with van der Waals surface area (Å²) >= 11 is 0. The molecule has 0 saturated carbocycles. The van der Waals surface area contributed by atoms with Crippen LogP contribution in [0.25, 0.3) is 0 Å². The van der Waals surface area contributed by atoms with E-state index in [0.717, 1.165) is 128 Å². The van der Waals surface area contributed by atoms with Crippen molar-refractivity contribution in [2.75, 3.05) is 13.2 Å². The highest BCUT2D eigenvalue weighted by Gasteiger charge is 2.19. The van der Waals surface area contributed by atoms with Gasteiger partial charge in [-0.25, -0.2) is 0 Å². The Morgan fingerprint density at radius 1 is 0.284 bits per heavy atom. The second-order valence-corrected chi connectivity index (χ2v) is 18.4. The molecule has 1 atom stereocenters. The lowest BCUT2D eigenvalue weighted by molar-refractivity contribution is -0.166. The number of allylic oxidation sites excluding steroid dienone is 28. The summed E-state index contributed by atoms with van der Waals surface area (Å²) in [5.74, 6) is -1.10. The number of esters is 3. The predicted molar refractivity (Wildman–Crippen MR) is 320 cm³/mol. The van der Waals surface area contributed by atoms with E-state index in [1.54, 1.807) is 0 Å². The summed E-state index contributed by atoms with van der Waals surface area (Å²) in [5, 5.41) is 0. The van der Waals surface area contributed by atoms with E-state index in [2.05, 4.69) is 179 Å². The van der Waals surface area contributed by atoms with E-state index in [1.165, 1.54) is 38.5 Å². The second kappa shape index (κ2) is 60.3. The van der Waals surface area contributed by atoms with Crippen molar-refractivity contribution in [1.29, 1.82) is 0 Å². The first-order chi connectivity index (χ1) is 36.5.